The van der Waals surface area contributed by atoms with Gasteiger partial charge >= 0.3 is 5.97 Å². The van der Waals surface area contributed by atoms with E-state index < -0.39 is 5.97 Å². The Bertz CT molecular complexity index is 303. The molecule has 1 heterocycles. The van der Waals surface area contributed by atoms with E-state index in [-0.39, 0.29) is 0 Å². The van der Waals surface area contributed by atoms with Crippen molar-refractivity contribution in [2.24, 2.45) is 11.8 Å². The normalized spacial score (nSPS) is 26.5. The predicted molar refractivity (Wildman–Crippen MR) is 94.4 cm³/mol. The fraction of sp³-hybridized carbons (Fsp3) is 0.941. The molecule has 0 spiro atoms. The third-order valence-corrected chi connectivity index (χ3v) is 7.79. The van der Waals surface area contributed by atoms with E-state index in [1.807, 2.05) is 0 Å². The van der Waals surface area contributed by atoms with Gasteiger partial charge in [-0.15, -0.1) is 0 Å². The molecular weight excluding hydrogens is 300 g/mol. The number of hydrogen-bond donors (Lipinski definition) is 1. The Morgan fingerprint density at radius 1 is 1.05 bits per heavy atom. The molecule has 1 saturated heterocycles. The lowest BCUT2D eigenvalue weighted by atomic mass is 9.92. The van der Waals surface area contributed by atoms with E-state index in [1.54, 1.807) is 0 Å². The summed E-state index contributed by atoms with van der Waals surface area (Å²) in [6, 6.07) is 0. The van der Waals surface area contributed by atoms with Crippen LogP contribution in [-0.4, -0.2) is 33.6 Å². The summed E-state index contributed by atoms with van der Waals surface area (Å²) < 4.78 is 0. The Hall–Kier alpha value is 0.170. The van der Waals surface area contributed by atoms with Crippen LogP contribution in [0.1, 0.15) is 64.2 Å². The second-order valence-corrected chi connectivity index (χ2v) is 9.05. The van der Waals surface area contributed by atoms with Crippen molar-refractivity contribution in [3.8, 4) is 0 Å². The van der Waals surface area contributed by atoms with Crippen molar-refractivity contribution >= 4 is 29.5 Å². The van der Waals surface area contributed by atoms with Gasteiger partial charge in [-0.1, -0.05) is 32.1 Å². The van der Waals surface area contributed by atoms with Crippen molar-refractivity contribution in [3.63, 3.8) is 0 Å². The maximum atomic E-state index is 10.5. The fourth-order valence-corrected chi connectivity index (χ4v) is 6.79. The van der Waals surface area contributed by atoms with Crippen LogP contribution in [0.3, 0.4) is 0 Å². The first-order chi connectivity index (χ1) is 10.3. The number of carboxylic acid groups (broad SMARTS) is 1. The molecule has 21 heavy (non-hydrogen) atoms. The van der Waals surface area contributed by atoms with Gasteiger partial charge in [0.2, 0.25) is 0 Å². The van der Waals surface area contributed by atoms with Crippen LogP contribution < -0.4 is 0 Å². The number of rotatable bonds is 10. The van der Waals surface area contributed by atoms with Gasteiger partial charge in [0.05, 0.1) is 0 Å². The minimum atomic E-state index is -0.647. The molecule has 2 aliphatic rings. The molecule has 0 bridgehead atoms. The van der Waals surface area contributed by atoms with E-state index in [2.05, 4.69) is 23.5 Å². The Kier molecular flexibility index (Phi) is 8.38. The summed E-state index contributed by atoms with van der Waals surface area (Å²) in [7, 11) is 0. The summed E-state index contributed by atoms with van der Waals surface area (Å²) in [6.45, 7) is 0. The monoisotopic (exact) mass is 330 g/mol. The van der Waals surface area contributed by atoms with Crippen LogP contribution >= 0.6 is 23.5 Å². The largest absolute Gasteiger partial charge is 0.481 e. The van der Waals surface area contributed by atoms with Crippen LogP contribution in [0.15, 0.2) is 0 Å². The molecule has 1 N–H and O–H groups in total. The molecule has 0 amide bonds. The zero-order chi connectivity index (χ0) is 14.9. The molecule has 2 atom stereocenters. The average Bonchev–Trinajstić information content (AvgIpc) is 3.11. The second kappa shape index (κ2) is 10.0. The third kappa shape index (κ3) is 6.85. The summed E-state index contributed by atoms with van der Waals surface area (Å²) in [5.74, 6) is 5.37. The maximum absolute atomic E-state index is 10.5. The van der Waals surface area contributed by atoms with Gasteiger partial charge < -0.3 is 5.11 Å². The Morgan fingerprint density at radius 3 is 2.52 bits per heavy atom. The van der Waals surface area contributed by atoms with Crippen LogP contribution in [0.5, 0.6) is 0 Å². The van der Waals surface area contributed by atoms with Crippen molar-refractivity contribution in [2.75, 3.05) is 17.3 Å². The molecule has 4 heteroatoms. The van der Waals surface area contributed by atoms with Gasteiger partial charge in [0.15, 0.2) is 0 Å². The fourth-order valence-electron chi connectivity index (χ4n) is 3.50. The Labute approximate surface area is 138 Å². The zero-order valence-electron chi connectivity index (χ0n) is 13.1. The van der Waals surface area contributed by atoms with Crippen LogP contribution in [0.2, 0.25) is 0 Å². The first kappa shape index (κ1) is 17.5. The summed E-state index contributed by atoms with van der Waals surface area (Å²) in [6.07, 6.45) is 12.0. The molecule has 2 nitrogen and oxygen atoms in total. The van der Waals surface area contributed by atoms with E-state index >= 15 is 0 Å². The summed E-state index contributed by atoms with van der Waals surface area (Å²) >= 11 is 4.41. The van der Waals surface area contributed by atoms with Crippen LogP contribution in [0.4, 0.5) is 0 Å². The summed E-state index contributed by atoms with van der Waals surface area (Å²) in [4.78, 5) is 10.5. The van der Waals surface area contributed by atoms with Gasteiger partial charge in [-0.25, -0.2) is 0 Å². The zero-order valence-corrected chi connectivity index (χ0v) is 14.7. The second-order valence-electron chi connectivity index (χ2n) is 6.64. The average molecular weight is 331 g/mol. The number of aliphatic carboxylic acids is 1. The quantitative estimate of drug-likeness (QED) is 0.568. The molecule has 2 rings (SSSR count). The molecule has 0 aromatic carbocycles. The Balaban J connectivity index is 1.53. The molecular formula is C17H30O2S2. The van der Waals surface area contributed by atoms with Crippen molar-refractivity contribution < 1.29 is 9.90 Å². The highest BCUT2D eigenvalue weighted by molar-refractivity contribution is 8.00. The van der Waals surface area contributed by atoms with Gasteiger partial charge in [0.25, 0.3) is 0 Å². The van der Waals surface area contributed by atoms with Crippen molar-refractivity contribution in [1.82, 2.24) is 0 Å². The standard InChI is InChI=1S/C17H30O2S2/c18-17(19)10-4-2-1-3-7-14-11-20-12-15(14)13-21-16-8-5-6-9-16/h14-16H,1-13H2,(H,18,19). The minimum absolute atomic E-state index is 0.347. The molecule has 2 unspecified atom stereocenters. The van der Waals surface area contributed by atoms with E-state index in [4.69, 9.17) is 5.11 Å². The summed E-state index contributed by atoms with van der Waals surface area (Å²) in [5.41, 5.74) is 0. The van der Waals surface area contributed by atoms with Gasteiger partial charge in [0, 0.05) is 11.7 Å². The first-order valence-electron chi connectivity index (χ1n) is 8.67. The SMILES string of the molecule is O=C(O)CCCCCCC1CSCC1CSC1CCCC1. The van der Waals surface area contributed by atoms with Gasteiger partial charge in [-0.3, -0.25) is 4.79 Å². The molecule has 0 aromatic heterocycles. The van der Waals surface area contributed by atoms with E-state index in [0.717, 1.165) is 29.9 Å². The van der Waals surface area contributed by atoms with Crippen molar-refractivity contribution in [3.05, 3.63) is 0 Å². The third-order valence-electron chi connectivity index (χ3n) is 4.89. The van der Waals surface area contributed by atoms with Gasteiger partial charge in [-0.2, -0.15) is 23.5 Å². The summed E-state index contributed by atoms with van der Waals surface area (Å²) in [5, 5.41) is 9.59. The first-order valence-corrected chi connectivity index (χ1v) is 10.9. The lowest BCUT2D eigenvalue weighted by Crippen LogP contribution is -2.16. The molecule has 0 aromatic rings. The van der Waals surface area contributed by atoms with Crippen LogP contribution in [-0.2, 0) is 4.79 Å². The van der Waals surface area contributed by atoms with Gasteiger partial charge in [-0.05, 0) is 54.8 Å². The molecule has 0 radical (unpaired) electrons. The highest BCUT2D eigenvalue weighted by Gasteiger charge is 2.28. The smallest absolute Gasteiger partial charge is 0.303 e. The molecule has 122 valence electrons. The molecule has 1 aliphatic carbocycles. The number of hydrogen-bond acceptors (Lipinski definition) is 3. The molecule has 1 saturated carbocycles. The predicted octanol–water partition coefficient (Wildman–Crippen LogP) is 5.07. The van der Waals surface area contributed by atoms with Crippen LogP contribution in [0.25, 0.3) is 0 Å². The number of unbranched alkanes of at least 4 members (excludes halogenated alkanes) is 3. The lowest BCUT2D eigenvalue weighted by molar-refractivity contribution is -0.137. The van der Waals surface area contributed by atoms with E-state index in [9.17, 15) is 4.79 Å². The number of carboxylic acids is 1. The van der Waals surface area contributed by atoms with Crippen molar-refractivity contribution in [1.29, 1.82) is 0 Å². The molecule has 1 aliphatic heterocycles. The highest BCUT2D eigenvalue weighted by Crippen LogP contribution is 2.38. The highest BCUT2D eigenvalue weighted by atomic mass is 32.2. The van der Waals surface area contributed by atoms with Gasteiger partial charge in [0.1, 0.15) is 0 Å². The molecule has 2 fully saturated rings. The van der Waals surface area contributed by atoms with E-state index in [1.165, 1.54) is 62.2 Å². The number of thioether (sulfide) groups is 2. The maximum Gasteiger partial charge on any atom is 0.303 e. The van der Waals surface area contributed by atoms with Crippen molar-refractivity contribution in [2.45, 2.75) is 69.5 Å². The lowest BCUT2D eigenvalue weighted by Gasteiger charge is -2.20. The van der Waals surface area contributed by atoms with E-state index in [0.29, 0.717) is 6.42 Å². The van der Waals surface area contributed by atoms with Crippen LogP contribution in [0, 0.1) is 11.8 Å². The minimum Gasteiger partial charge on any atom is -0.481 e. The topological polar surface area (TPSA) is 37.3 Å². The number of carbonyl (C=O) groups is 1. The Morgan fingerprint density at radius 2 is 1.76 bits per heavy atom.